The number of rotatable bonds is 5. The molecule has 2 nitrogen and oxygen atoms in total. The first-order valence-corrected chi connectivity index (χ1v) is 6.05. The summed E-state index contributed by atoms with van der Waals surface area (Å²) < 4.78 is 13.3. The van der Waals surface area contributed by atoms with Crippen molar-refractivity contribution in [1.82, 2.24) is 4.90 Å². The maximum atomic E-state index is 13.3. The van der Waals surface area contributed by atoms with Gasteiger partial charge in [-0.25, -0.2) is 4.39 Å². The number of hydrogen-bond acceptors (Lipinski definition) is 1. The fourth-order valence-electron chi connectivity index (χ4n) is 1.64. The van der Waals surface area contributed by atoms with Crippen LogP contribution >= 0.6 is 0 Å². The molecule has 0 radical (unpaired) electrons. The number of carbonyl (C=O) groups is 1. The molecule has 0 aromatic heterocycles. The van der Waals surface area contributed by atoms with Crippen molar-refractivity contribution in [3.05, 3.63) is 35.6 Å². The lowest BCUT2D eigenvalue weighted by Gasteiger charge is -2.23. The molecule has 1 aromatic carbocycles. The van der Waals surface area contributed by atoms with Crippen LogP contribution < -0.4 is 0 Å². The van der Waals surface area contributed by atoms with Crippen molar-refractivity contribution in [2.45, 2.75) is 39.2 Å². The van der Waals surface area contributed by atoms with E-state index in [-0.39, 0.29) is 17.8 Å². The predicted molar refractivity (Wildman–Crippen MR) is 67.2 cm³/mol. The second kappa shape index (κ2) is 6.38. The van der Waals surface area contributed by atoms with E-state index < -0.39 is 0 Å². The second-order valence-corrected chi connectivity index (χ2v) is 4.35. The Kier molecular flexibility index (Phi) is 5.13. The van der Waals surface area contributed by atoms with Crippen LogP contribution in [0.4, 0.5) is 4.39 Å². The smallest absolute Gasteiger partial charge is 0.222 e. The zero-order valence-corrected chi connectivity index (χ0v) is 10.7. The van der Waals surface area contributed by atoms with E-state index in [4.69, 9.17) is 0 Å². The molecule has 17 heavy (non-hydrogen) atoms. The van der Waals surface area contributed by atoms with Crippen molar-refractivity contribution in [2.24, 2.45) is 0 Å². The number of carbonyl (C=O) groups excluding carboxylic acids is 1. The molecule has 0 saturated heterocycles. The molecule has 1 atom stereocenters. The van der Waals surface area contributed by atoms with Gasteiger partial charge >= 0.3 is 0 Å². The van der Waals surface area contributed by atoms with Crippen LogP contribution in [0.2, 0.25) is 0 Å². The van der Waals surface area contributed by atoms with Crippen LogP contribution in [-0.2, 0) is 11.2 Å². The molecule has 0 N–H and O–H groups in total. The highest BCUT2D eigenvalue weighted by atomic mass is 19.1. The number of amides is 1. The highest BCUT2D eigenvalue weighted by molar-refractivity contribution is 5.76. The highest BCUT2D eigenvalue weighted by Crippen LogP contribution is 2.11. The van der Waals surface area contributed by atoms with Crippen molar-refractivity contribution in [1.29, 1.82) is 0 Å². The van der Waals surface area contributed by atoms with Gasteiger partial charge in [-0.1, -0.05) is 25.1 Å². The third kappa shape index (κ3) is 3.84. The van der Waals surface area contributed by atoms with E-state index in [0.717, 1.165) is 6.42 Å². The normalized spacial score (nSPS) is 12.2. The fourth-order valence-corrected chi connectivity index (χ4v) is 1.64. The molecular weight excluding hydrogens is 217 g/mol. The van der Waals surface area contributed by atoms with Crippen LogP contribution in [0.15, 0.2) is 24.3 Å². The van der Waals surface area contributed by atoms with E-state index in [9.17, 15) is 9.18 Å². The van der Waals surface area contributed by atoms with E-state index in [1.54, 1.807) is 30.1 Å². The van der Waals surface area contributed by atoms with Gasteiger partial charge in [-0.15, -0.1) is 0 Å². The van der Waals surface area contributed by atoms with E-state index in [0.29, 0.717) is 18.4 Å². The van der Waals surface area contributed by atoms with Crippen LogP contribution in [0.25, 0.3) is 0 Å². The maximum Gasteiger partial charge on any atom is 0.222 e. The monoisotopic (exact) mass is 237 g/mol. The predicted octanol–water partition coefficient (Wildman–Crippen LogP) is 3.02. The number of hydrogen-bond donors (Lipinski definition) is 0. The zero-order valence-electron chi connectivity index (χ0n) is 10.7. The largest absolute Gasteiger partial charge is 0.343 e. The van der Waals surface area contributed by atoms with Gasteiger partial charge in [-0.3, -0.25) is 4.79 Å². The van der Waals surface area contributed by atoms with Gasteiger partial charge in [-0.2, -0.15) is 0 Å². The molecule has 0 spiro atoms. The van der Waals surface area contributed by atoms with Crippen LogP contribution in [0, 0.1) is 5.82 Å². The van der Waals surface area contributed by atoms with Gasteiger partial charge in [-0.05, 0) is 31.4 Å². The Hall–Kier alpha value is -1.38. The Labute approximate surface area is 102 Å². The van der Waals surface area contributed by atoms with E-state index in [2.05, 4.69) is 0 Å². The molecule has 0 aliphatic carbocycles. The minimum atomic E-state index is -0.230. The lowest BCUT2D eigenvalue weighted by molar-refractivity contribution is -0.131. The molecule has 0 aliphatic heterocycles. The Morgan fingerprint density at radius 1 is 1.41 bits per heavy atom. The molecule has 94 valence electrons. The van der Waals surface area contributed by atoms with Crippen LogP contribution in [0.5, 0.6) is 0 Å². The third-order valence-electron chi connectivity index (χ3n) is 3.21. The summed E-state index contributed by atoms with van der Waals surface area (Å²) in [6.07, 6.45) is 1.76. The van der Waals surface area contributed by atoms with Gasteiger partial charge in [0.1, 0.15) is 5.82 Å². The van der Waals surface area contributed by atoms with Gasteiger partial charge in [0.15, 0.2) is 0 Å². The Morgan fingerprint density at radius 3 is 2.65 bits per heavy atom. The summed E-state index contributed by atoms with van der Waals surface area (Å²) in [4.78, 5) is 13.6. The van der Waals surface area contributed by atoms with E-state index in [1.165, 1.54) is 6.07 Å². The average Bonchev–Trinajstić information content (AvgIpc) is 2.35. The van der Waals surface area contributed by atoms with E-state index >= 15 is 0 Å². The Bertz CT molecular complexity index is 378. The number of halogens is 1. The van der Waals surface area contributed by atoms with E-state index in [1.807, 2.05) is 13.8 Å². The van der Waals surface area contributed by atoms with Gasteiger partial charge in [0.05, 0.1) is 0 Å². The SMILES string of the molecule is CCC(C)N(C)C(=O)CCc1ccccc1F. The van der Waals surface area contributed by atoms with Crippen molar-refractivity contribution in [3.63, 3.8) is 0 Å². The minimum Gasteiger partial charge on any atom is -0.343 e. The molecule has 1 rings (SSSR count). The molecule has 1 unspecified atom stereocenters. The molecule has 1 amide bonds. The number of benzene rings is 1. The fraction of sp³-hybridized carbons (Fsp3) is 0.500. The van der Waals surface area contributed by atoms with Crippen LogP contribution in [0.3, 0.4) is 0 Å². The summed E-state index contributed by atoms with van der Waals surface area (Å²) in [7, 11) is 1.80. The first-order chi connectivity index (χ1) is 8.06. The summed E-state index contributed by atoms with van der Waals surface area (Å²) in [5, 5.41) is 0. The summed E-state index contributed by atoms with van der Waals surface area (Å²) >= 11 is 0. The van der Waals surface area contributed by atoms with Gasteiger partial charge in [0, 0.05) is 19.5 Å². The standard InChI is InChI=1S/C14H20FNO/c1-4-11(2)16(3)14(17)10-9-12-7-5-6-8-13(12)15/h5-8,11H,4,9-10H2,1-3H3. The molecular formula is C14H20FNO. The Morgan fingerprint density at radius 2 is 2.06 bits per heavy atom. The van der Waals surface area contributed by atoms with Gasteiger partial charge in [0.25, 0.3) is 0 Å². The minimum absolute atomic E-state index is 0.0719. The molecule has 0 fully saturated rings. The van der Waals surface area contributed by atoms with Crippen molar-refractivity contribution in [3.8, 4) is 0 Å². The highest BCUT2D eigenvalue weighted by Gasteiger charge is 2.14. The zero-order chi connectivity index (χ0) is 12.8. The molecule has 0 aliphatic rings. The first-order valence-electron chi connectivity index (χ1n) is 6.05. The molecule has 0 bridgehead atoms. The molecule has 0 saturated carbocycles. The molecule has 1 aromatic rings. The first kappa shape index (κ1) is 13.7. The lowest BCUT2D eigenvalue weighted by atomic mass is 10.1. The van der Waals surface area contributed by atoms with Crippen LogP contribution in [-0.4, -0.2) is 23.9 Å². The maximum absolute atomic E-state index is 13.3. The lowest BCUT2D eigenvalue weighted by Crippen LogP contribution is -2.34. The quantitative estimate of drug-likeness (QED) is 0.771. The van der Waals surface area contributed by atoms with Crippen LogP contribution in [0.1, 0.15) is 32.3 Å². The number of nitrogens with zero attached hydrogens (tertiary/aromatic N) is 1. The topological polar surface area (TPSA) is 20.3 Å². The van der Waals surface area contributed by atoms with Gasteiger partial charge < -0.3 is 4.90 Å². The average molecular weight is 237 g/mol. The molecule has 0 heterocycles. The third-order valence-corrected chi connectivity index (χ3v) is 3.21. The Balaban J connectivity index is 2.51. The van der Waals surface area contributed by atoms with Crippen molar-refractivity contribution >= 4 is 5.91 Å². The van der Waals surface area contributed by atoms with Crippen molar-refractivity contribution in [2.75, 3.05) is 7.05 Å². The van der Waals surface area contributed by atoms with Gasteiger partial charge in [0.2, 0.25) is 5.91 Å². The molecule has 3 heteroatoms. The summed E-state index contributed by atoms with van der Waals surface area (Å²) in [5.74, 6) is -0.158. The summed E-state index contributed by atoms with van der Waals surface area (Å²) in [6, 6.07) is 6.85. The number of aryl methyl sites for hydroxylation is 1. The second-order valence-electron chi connectivity index (χ2n) is 4.35. The summed E-state index contributed by atoms with van der Waals surface area (Å²) in [6.45, 7) is 4.06. The van der Waals surface area contributed by atoms with Crippen molar-refractivity contribution < 1.29 is 9.18 Å². The summed E-state index contributed by atoms with van der Waals surface area (Å²) in [5.41, 5.74) is 0.610.